The lowest BCUT2D eigenvalue weighted by molar-refractivity contribution is 0.257. The molecule has 23 heavy (non-hydrogen) atoms. The van der Waals surface area contributed by atoms with Crippen LogP contribution in [0.2, 0.25) is 0 Å². The summed E-state index contributed by atoms with van der Waals surface area (Å²) < 4.78 is 5.39. The number of ether oxygens (including phenoxy) is 1. The Kier molecular flexibility index (Phi) is 3.80. The summed E-state index contributed by atoms with van der Waals surface area (Å²) in [7, 11) is 1.73. The van der Waals surface area contributed by atoms with Crippen LogP contribution in [0.5, 0.6) is 5.75 Å². The quantitative estimate of drug-likeness (QED) is 0.794. The first-order valence-electron chi connectivity index (χ1n) is 8.27. The standard InChI is InChI=1S/C20H22N2O/c1-23-16-7-8-19-17(13-16)18-14-22(12-10-20(18)21-19)11-9-15-5-3-2-4-6-15/h2-8,13,21H,9-12,14H2,1H3. The topological polar surface area (TPSA) is 28.3 Å². The lowest BCUT2D eigenvalue weighted by Gasteiger charge is -2.27. The van der Waals surface area contributed by atoms with Gasteiger partial charge in [0.05, 0.1) is 7.11 Å². The molecule has 0 aliphatic carbocycles. The Morgan fingerprint density at radius 3 is 2.83 bits per heavy atom. The van der Waals surface area contributed by atoms with Crippen molar-refractivity contribution in [1.82, 2.24) is 9.88 Å². The van der Waals surface area contributed by atoms with E-state index in [1.54, 1.807) is 7.11 Å². The molecule has 0 radical (unpaired) electrons. The van der Waals surface area contributed by atoms with Crippen LogP contribution in [0, 0.1) is 0 Å². The van der Waals surface area contributed by atoms with Gasteiger partial charge in [-0.15, -0.1) is 0 Å². The van der Waals surface area contributed by atoms with E-state index in [1.165, 1.54) is 27.7 Å². The van der Waals surface area contributed by atoms with Gasteiger partial charge in [0.15, 0.2) is 0 Å². The van der Waals surface area contributed by atoms with Crippen LogP contribution in [-0.4, -0.2) is 30.1 Å². The van der Waals surface area contributed by atoms with Crippen LogP contribution in [-0.2, 0) is 19.4 Å². The molecule has 3 heteroatoms. The van der Waals surface area contributed by atoms with Crippen molar-refractivity contribution in [3.63, 3.8) is 0 Å². The molecule has 2 aromatic carbocycles. The van der Waals surface area contributed by atoms with Crippen molar-refractivity contribution in [2.75, 3.05) is 20.2 Å². The van der Waals surface area contributed by atoms with Crippen molar-refractivity contribution in [3.8, 4) is 5.75 Å². The fraction of sp³-hybridized carbons (Fsp3) is 0.300. The van der Waals surface area contributed by atoms with Crippen molar-refractivity contribution in [2.45, 2.75) is 19.4 Å². The van der Waals surface area contributed by atoms with Crippen LogP contribution >= 0.6 is 0 Å². The molecule has 0 saturated carbocycles. The van der Waals surface area contributed by atoms with Gasteiger partial charge in [0.1, 0.15) is 5.75 Å². The first kappa shape index (κ1) is 14.3. The van der Waals surface area contributed by atoms with E-state index >= 15 is 0 Å². The normalized spacial score (nSPS) is 14.8. The van der Waals surface area contributed by atoms with E-state index < -0.39 is 0 Å². The third kappa shape index (κ3) is 2.84. The van der Waals surface area contributed by atoms with Gasteiger partial charge in [0, 0.05) is 42.7 Å². The summed E-state index contributed by atoms with van der Waals surface area (Å²) in [6, 6.07) is 17.1. The number of nitrogens with one attached hydrogen (secondary N) is 1. The van der Waals surface area contributed by atoms with E-state index in [0.29, 0.717) is 0 Å². The van der Waals surface area contributed by atoms with Gasteiger partial charge in [-0.1, -0.05) is 30.3 Å². The molecule has 1 aromatic heterocycles. The number of nitrogens with zero attached hydrogens (tertiary/aromatic N) is 1. The third-order valence-corrected chi connectivity index (χ3v) is 4.82. The minimum atomic E-state index is 0.931. The van der Waals surface area contributed by atoms with Crippen molar-refractivity contribution >= 4 is 10.9 Å². The molecule has 0 amide bonds. The maximum absolute atomic E-state index is 5.39. The monoisotopic (exact) mass is 306 g/mol. The molecule has 0 bridgehead atoms. The maximum atomic E-state index is 5.39. The molecule has 0 fully saturated rings. The molecule has 3 aromatic rings. The number of H-pyrrole nitrogens is 1. The van der Waals surface area contributed by atoms with Crippen molar-refractivity contribution < 1.29 is 4.74 Å². The van der Waals surface area contributed by atoms with Gasteiger partial charge >= 0.3 is 0 Å². The first-order valence-corrected chi connectivity index (χ1v) is 8.27. The molecule has 1 aliphatic rings. The highest BCUT2D eigenvalue weighted by molar-refractivity contribution is 5.86. The zero-order valence-corrected chi connectivity index (χ0v) is 13.5. The minimum absolute atomic E-state index is 0.931. The number of fused-ring (bicyclic) bond motifs is 3. The molecule has 0 unspecified atom stereocenters. The second-order valence-electron chi connectivity index (χ2n) is 6.26. The number of hydrogen-bond acceptors (Lipinski definition) is 2. The maximum Gasteiger partial charge on any atom is 0.119 e. The second kappa shape index (κ2) is 6.09. The zero-order chi connectivity index (χ0) is 15.6. The van der Waals surface area contributed by atoms with Gasteiger partial charge < -0.3 is 9.72 Å². The van der Waals surface area contributed by atoms with E-state index in [0.717, 1.165) is 38.2 Å². The Morgan fingerprint density at radius 1 is 1.13 bits per heavy atom. The smallest absolute Gasteiger partial charge is 0.119 e. The van der Waals surface area contributed by atoms with Gasteiger partial charge in [-0.2, -0.15) is 0 Å². The fourth-order valence-corrected chi connectivity index (χ4v) is 3.50. The van der Waals surface area contributed by atoms with Crippen LogP contribution in [0.1, 0.15) is 16.8 Å². The van der Waals surface area contributed by atoms with E-state index in [1.807, 2.05) is 6.07 Å². The zero-order valence-electron chi connectivity index (χ0n) is 13.5. The average Bonchev–Trinajstić information content (AvgIpc) is 2.98. The molecule has 1 N–H and O–H groups in total. The summed E-state index contributed by atoms with van der Waals surface area (Å²) in [5.41, 5.74) is 5.47. The minimum Gasteiger partial charge on any atom is -0.497 e. The molecular weight excluding hydrogens is 284 g/mol. The largest absolute Gasteiger partial charge is 0.497 e. The summed E-state index contributed by atoms with van der Waals surface area (Å²) in [6.45, 7) is 3.26. The average molecular weight is 306 g/mol. The first-order chi connectivity index (χ1) is 11.3. The predicted octanol–water partition coefficient (Wildman–Crippen LogP) is 3.78. The molecule has 0 saturated heterocycles. The van der Waals surface area contributed by atoms with Gasteiger partial charge in [0.25, 0.3) is 0 Å². The van der Waals surface area contributed by atoms with Gasteiger partial charge in [0.2, 0.25) is 0 Å². The summed E-state index contributed by atoms with van der Waals surface area (Å²) in [4.78, 5) is 6.14. The Hall–Kier alpha value is -2.26. The Balaban J connectivity index is 1.53. The lowest BCUT2D eigenvalue weighted by atomic mass is 10.0. The summed E-state index contributed by atoms with van der Waals surface area (Å²) in [5, 5.41) is 1.31. The molecular formula is C20H22N2O. The van der Waals surface area contributed by atoms with Crippen molar-refractivity contribution in [1.29, 1.82) is 0 Å². The van der Waals surface area contributed by atoms with Crippen LogP contribution in [0.15, 0.2) is 48.5 Å². The Bertz CT molecular complexity index is 807. The molecule has 118 valence electrons. The predicted molar refractivity (Wildman–Crippen MR) is 94.0 cm³/mol. The van der Waals surface area contributed by atoms with Crippen molar-refractivity contribution in [2.24, 2.45) is 0 Å². The highest BCUT2D eigenvalue weighted by Gasteiger charge is 2.20. The number of rotatable bonds is 4. The molecule has 0 atom stereocenters. The Morgan fingerprint density at radius 2 is 2.00 bits per heavy atom. The van der Waals surface area contributed by atoms with E-state index in [4.69, 9.17) is 4.74 Å². The summed E-state index contributed by atoms with van der Waals surface area (Å²) in [5.74, 6) is 0.931. The van der Waals surface area contributed by atoms with Crippen LogP contribution < -0.4 is 4.74 Å². The van der Waals surface area contributed by atoms with E-state index in [2.05, 4.69) is 52.3 Å². The van der Waals surface area contributed by atoms with E-state index in [-0.39, 0.29) is 0 Å². The second-order valence-corrected chi connectivity index (χ2v) is 6.26. The SMILES string of the molecule is COc1ccc2[nH]c3c(c2c1)CN(CCc1ccccc1)CC3. The summed E-state index contributed by atoms with van der Waals surface area (Å²) in [6.07, 6.45) is 2.21. The summed E-state index contributed by atoms with van der Waals surface area (Å²) >= 11 is 0. The molecule has 1 aliphatic heterocycles. The van der Waals surface area contributed by atoms with Gasteiger partial charge in [-0.3, -0.25) is 4.90 Å². The van der Waals surface area contributed by atoms with Gasteiger partial charge in [-0.25, -0.2) is 0 Å². The van der Waals surface area contributed by atoms with Crippen LogP contribution in [0.25, 0.3) is 10.9 Å². The number of benzene rings is 2. The molecule has 0 spiro atoms. The highest BCUT2D eigenvalue weighted by atomic mass is 16.5. The number of hydrogen-bond donors (Lipinski definition) is 1. The van der Waals surface area contributed by atoms with Crippen LogP contribution in [0.3, 0.4) is 0 Å². The number of methoxy groups -OCH3 is 1. The molecule has 4 rings (SSSR count). The van der Waals surface area contributed by atoms with Gasteiger partial charge in [-0.05, 0) is 35.7 Å². The van der Waals surface area contributed by atoms with Crippen LogP contribution in [0.4, 0.5) is 0 Å². The van der Waals surface area contributed by atoms with E-state index in [9.17, 15) is 0 Å². The Labute approximate surface area is 136 Å². The number of aromatic amines is 1. The van der Waals surface area contributed by atoms with Crippen molar-refractivity contribution in [3.05, 3.63) is 65.4 Å². The lowest BCUT2D eigenvalue weighted by Crippen LogP contribution is -2.32. The number of aromatic nitrogens is 1. The fourth-order valence-electron chi connectivity index (χ4n) is 3.50. The highest BCUT2D eigenvalue weighted by Crippen LogP contribution is 2.30. The molecule has 2 heterocycles. The molecule has 3 nitrogen and oxygen atoms in total. The third-order valence-electron chi connectivity index (χ3n) is 4.82.